The van der Waals surface area contributed by atoms with Crippen LogP contribution in [0.15, 0.2) is 18.6 Å². The Morgan fingerprint density at radius 2 is 2.33 bits per heavy atom. The topological polar surface area (TPSA) is 113 Å². The van der Waals surface area contributed by atoms with Crippen molar-refractivity contribution in [3.05, 3.63) is 35.7 Å². The minimum Gasteiger partial charge on any atom is -0.477 e. The van der Waals surface area contributed by atoms with Gasteiger partial charge in [-0.25, -0.2) is 9.78 Å². The Morgan fingerprint density at radius 1 is 1.56 bits per heavy atom. The third kappa shape index (κ3) is 2.21. The van der Waals surface area contributed by atoms with Gasteiger partial charge in [0.1, 0.15) is 0 Å². The van der Waals surface area contributed by atoms with Crippen LogP contribution in [0.25, 0.3) is 0 Å². The number of imidazole rings is 1. The number of aryl methyl sites for hydroxylation is 1. The lowest BCUT2D eigenvalue weighted by Crippen LogP contribution is -2.26. The fraction of sp³-hybridized carbons (Fsp3) is 0.200. The number of amides is 1. The lowest BCUT2D eigenvalue weighted by molar-refractivity contribution is 0.0685. The van der Waals surface area contributed by atoms with Gasteiger partial charge < -0.3 is 15.4 Å². The van der Waals surface area contributed by atoms with E-state index in [2.05, 4.69) is 20.4 Å². The Balaban J connectivity index is 2.06. The van der Waals surface area contributed by atoms with E-state index in [1.807, 2.05) is 0 Å². The van der Waals surface area contributed by atoms with Crippen molar-refractivity contribution >= 4 is 11.9 Å². The zero-order valence-corrected chi connectivity index (χ0v) is 9.54. The van der Waals surface area contributed by atoms with E-state index >= 15 is 0 Å². The average Bonchev–Trinajstić information content (AvgIpc) is 2.94. The van der Waals surface area contributed by atoms with E-state index in [1.165, 1.54) is 6.33 Å². The highest BCUT2D eigenvalue weighted by atomic mass is 16.4. The molecule has 2 aromatic heterocycles. The summed E-state index contributed by atoms with van der Waals surface area (Å²) in [5.74, 6) is -1.77. The summed E-state index contributed by atoms with van der Waals surface area (Å²) in [6.45, 7) is 0.251. The van der Waals surface area contributed by atoms with Crippen LogP contribution in [0.4, 0.5) is 0 Å². The molecule has 0 aromatic carbocycles. The number of aromatic carboxylic acids is 1. The highest BCUT2D eigenvalue weighted by molar-refractivity contribution is 6.02. The van der Waals surface area contributed by atoms with Gasteiger partial charge in [-0.05, 0) is 6.07 Å². The van der Waals surface area contributed by atoms with Gasteiger partial charge in [0.05, 0.1) is 18.6 Å². The van der Waals surface area contributed by atoms with Crippen molar-refractivity contribution in [2.45, 2.75) is 6.54 Å². The van der Waals surface area contributed by atoms with Crippen LogP contribution in [-0.4, -0.2) is 36.7 Å². The van der Waals surface area contributed by atoms with Crippen molar-refractivity contribution in [2.24, 2.45) is 7.05 Å². The van der Waals surface area contributed by atoms with Crippen LogP contribution in [-0.2, 0) is 13.6 Å². The predicted molar refractivity (Wildman–Crippen MR) is 59.9 cm³/mol. The number of aromatic amines is 1. The number of aromatic nitrogens is 4. The number of carboxylic acid groups (broad SMARTS) is 1. The summed E-state index contributed by atoms with van der Waals surface area (Å²) in [5.41, 5.74) is 0.443. The van der Waals surface area contributed by atoms with Crippen molar-refractivity contribution in [1.82, 2.24) is 25.1 Å². The van der Waals surface area contributed by atoms with Crippen LogP contribution in [0.3, 0.4) is 0 Å². The summed E-state index contributed by atoms with van der Waals surface area (Å²) in [5, 5.41) is 15.4. The normalized spacial score (nSPS) is 10.3. The Hall–Kier alpha value is -2.64. The summed E-state index contributed by atoms with van der Waals surface area (Å²) in [6, 6.07) is 1.75. The van der Waals surface area contributed by atoms with E-state index in [1.54, 1.807) is 24.0 Å². The van der Waals surface area contributed by atoms with Crippen molar-refractivity contribution in [3.63, 3.8) is 0 Å². The number of carbonyl (C=O) groups is 2. The van der Waals surface area contributed by atoms with Crippen molar-refractivity contribution in [3.8, 4) is 0 Å². The molecule has 1 amide bonds. The number of hydrogen-bond acceptors (Lipinski definition) is 4. The summed E-state index contributed by atoms with van der Waals surface area (Å²) in [6.07, 6.45) is 2.78. The molecule has 3 N–H and O–H groups in total. The lowest BCUT2D eigenvalue weighted by Gasteiger charge is -2.04. The first-order valence-electron chi connectivity index (χ1n) is 5.11. The van der Waals surface area contributed by atoms with Gasteiger partial charge in [-0.15, -0.1) is 0 Å². The molecule has 2 heterocycles. The largest absolute Gasteiger partial charge is 0.477 e. The molecule has 8 heteroatoms. The molecule has 0 aliphatic rings. The van der Waals surface area contributed by atoms with Gasteiger partial charge in [-0.3, -0.25) is 9.48 Å². The molecule has 0 radical (unpaired) electrons. The van der Waals surface area contributed by atoms with E-state index in [0.717, 1.165) is 5.69 Å². The van der Waals surface area contributed by atoms with Gasteiger partial charge in [0, 0.05) is 13.2 Å². The Morgan fingerprint density at radius 3 is 2.94 bits per heavy atom. The molecule has 2 aromatic rings. The quantitative estimate of drug-likeness (QED) is 0.692. The van der Waals surface area contributed by atoms with E-state index in [-0.39, 0.29) is 17.9 Å². The SMILES string of the molecule is Cn1nccc1CNC(=O)c1nc[nH]c1C(=O)O. The maximum atomic E-state index is 11.8. The zero-order valence-electron chi connectivity index (χ0n) is 9.54. The second kappa shape index (κ2) is 4.70. The first kappa shape index (κ1) is 11.8. The first-order valence-corrected chi connectivity index (χ1v) is 5.11. The molecule has 0 saturated heterocycles. The standard InChI is InChI=1S/C10H11N5O3/c1-15-6(2-3-14-15)4-11-9(16)7-8(10(17)18)13-5-12-7/h2-3,5H,4H2,1H3,(H,11,16)(H,12,13)(H,17,18). The maximum Gasteiger partial charge on any atom is 0.354 e. The van der Waals surface area contributed by atoms with Crippen LogP contribution >= 0.6 is 0 Å². The minimum atomic E-state index is -1.22. The van der Waals surface area contributed by atoms with Crippen LogP contribution < -0.4 is 5.32 Å². The molecule has 0 aliphatic heterocycles. The molecule has 0 spiro atoms. The molecule has 8 nitrogen and oxygen atoms in total. The third-order valence-electron chi connectivity index (χ3n) is 2.42. The lowest BCUT2D eigenvalue weighted by atomic mass is 10.3. The number of H-pyrrole nitrogens is 1. The van der Waals surface area contributed by atoms with E-state index < -0.39 is 11.9 Å². The van der Waals surface area contributed by atoms with Gasteiger partial charge >= 0.3 is 5.97 Å². The van der Waals surface area contributed by atoms with Crippen LogP contribution in [0.2, 0.25) is 0 Å². The predicted octanol–water partition coefficient (Wildman–Crippen LogP) is -0.229. The van der Waals surface area contributed by atoms with Gasteiger partial charge in [0.2, 0.25) is 0 Å². The molecule has 2 rings (SSSR count). The second-order valence-corrected chi connectivity index (χ2v) is 3.56. The Bertz CT molecular complexity index is 586. The fourth-order valence-corrected chi connectivity index (χ4v) is 1.46. The highest BCUT2D eigenvalue weighted by Gasteiger charge is 2.19. The maximum absolute atomic E-state index is 11.8. The smallest absolute Gasteiger partial charge is 0.354 e. The molecule has 0 bridgehead atoms. The highest BCUT2D eigenvalue weighted by Crippen LogP contribution is 2.03. The van der Waals surface area contributed by atoms with Gasteiger partial charge in [0.25, 0.3) is 5.91 Å². The van der Waals surface area contributed by atoms with Crippen LogP contribution in [0, 0.1) is 0 Å². The van der Waals surface area contributed by atoms with Crippen molar-refractivity contribution in [2.75, 3.05) is 0 Å². The molecule has 94 valence electrons. The summed E-state index contributed by atoms with van der Waals surface area (Å²) in [7, 11) is 1.75. The number of hydrogen-bond donors (Lipinski definition) is 3. The molecular formula is C10H11N5O3. The van der Waals surface area contributed by atoms with Gasteiger partial charge in [-0.2, -0.15) is 5.10 Å². The van der Waals surface area contributed by atoms with E-state index in [0.29, 0.717) is 0 Å². The molecule has 0 fully saturated rings. The van der Waals surface area contributed by atoms with Crippen LogP contribution in [0.5, 0.6) is 0 Å². The van der Waals surface area contributed by atoms with Gasteiger partial charge in [0.15, 0.2) is 11.4 Å². The summed E-state index contributed by atoms with van der Waals surface area (Å²) >= 11 is 0. The molecule has 0 aliphatic carbocycles. The zero-order chi connectivity index (χ0) is 13.1. The Kier molecular flexibility index (Phi) is 3.09. The van der Waals surface area contributed by atoms with Crippen molar-refractivity contribution < 1.29 is 14.7 Å². The average molecular weight is 249 g/mol. The molecule has 0 atom stereocenters. The molecule has 0 saturated carbocycles. The summed E-state index contributed by atoms with van der Waals surface area (Å²) < 4.78 is 1.61. The number of nitrogens with zero attached hydrogens (tertiary/aromatic N) is 3. The number of nitrogens with one attached hydrogen (secondary N) is 2. The molecule has 18 heavy (non-hydrogen) atoms. The van der Waals surface area contributed by atoms with Crippen LogP contribution in [0.1, 0.15) is 26.7 Å². The van der Waals surface area contributed by atoms with E-state index in [4.69, 9.17) is 5.11 Å². The Labute approximate surface area is 102 Å². The van der Waals surface area contributed by atoms with Crippen molar-refractivity contribution in [1.29, 1.82) is 0 Å². The minimum absolute atomic E-state index is 0.135. The monoisotopic (exact) mass is 249 g/mol. The number of carbonyl (C=O) groups excluding carboxylic acids is 1. The number of rotatable bonds is 4. The molecular weight excluding hydrogens is 238 g/mol. The van der Waals surface area contributed by atoms with E-state index in [9.17, 15) is 9.59 Å². The molecule has 0 unspecified atom stereocenters. The fourth-order valence-electron chi connectivity index (χ4n) is 1.46. The van der Waals surface area contributed by atoms with Gasteiger partial charge in [-0.1, -0.05) is 0 Å². The summed E-state index contributed by atoms with van der Waals surface area (Å²) in [4.78, 5) is 28.7. The number of carboxylic acids is 1. The first-order chi connectivity index (χ1) is 8.59. The third-order valence-corrected chi connectivity index (χ3v) is 2.42. The second-order valence-electron chi connectivity index (χ2n) is 3.56.